The van der Waals surface area contributed by atoms with Gasteiger partial charge < -0.3 is 5.11 Å². The summed E-state index contributed by atoms with van der Waals surface area (Å²) in [4.78, 5) is 12.6. The van der Waals surface area contributed by atoms with Crippen LogP contribution in [0.4, 0.5) is 0 Å². The summed E-state index contributed by atoms with van der Waals surface area (Å²) in [5, 5.41) is 8.51. The molecule has 70 valence electrons. The zero-order chi connectivity index (χ0) is 8.97. The van der Waals surface area contributed by atoms with Crippen LogP contribution in [0.5, 0.6) is 0 Å². The highest BCUT2D eigenvalue weighted by molar-refractivity contribution is 5.66. The van der Waals surface area contributed by atoms with Gasteiger partial charge >= 0.3 is 5.97 Å². The Morgan fingerprint density at radius 1 is 1.50 bits per heavy atom. The van der Waals surface area contributed by atoms with E-state index in [-0.39, 0.29) is 6.42 Å². The third-order valence-electron chi connectivity index (χ3n) is 2.19. The van der Waals surface area contributed by atoms with Gasteiger partial charge in [0.15, 0.2) is 0 Å². The molecule has 3 heteroatoms. The van der Waals surface area contributed by atoms with Crippen molar-refractivity contribution in [2.24, 2.45) is 0 Å². The molecule has 0 aromatic heterocycles. The van der Waals surface area contributed by atoms with Gasteiger partial charge in [0, 0.05) is 12.6 Å². The monoisotopic (exact) mass is 171 g/mol. The maximum absolute atomic E-state index is 10.3. The molecule has 0 saturated heterocycles. The number of carboxylic acids is 1. The molecule has 1 rings (SSSR count). The zero-order valence-corrected chi connectivity index (χ0v) is 7.62. The zero-order valence-electron chi connectivity index (χ0n) is 7.62. The van der Waals surface area contributed by atoms with Crippen LogP contribution in [-0.2, 0) is 4.79 Å². The molecule has 3 nitrogen and oxygen atoms in total. The average molecular weight is 171 g/mol. The Bertz CT molecular complexity index is 155. The molecule has 1 aliphatic rings. The summed E-state index contributed by atoms with van der Waals surface area (Å²) in [6.45, 7) is 3.92. The summed E-state index contributed by atoms with van der Waals surface area (Å²) in [6.07, 6.45) is 3.94. The summed E-state index contributed by atoms with van der Waals surface area (Å²) in [6, 6.07) is 0.698. The van der Waals surface area contributed by atoms with Crippen molar-refractivity contribution in [1.29, 1.82) is 0 Å². The predicted octanol–water partition coefficient (Wildman–Crippen LogP) is 1.34. The average Bonchev–Trinajstić information content (AvgIpc) is 2.79. The normalized spacial score (nSPS) is 16.8. The van der Waals surface area contributed by atoms with Gasteiger partial charge in [0.1, 0.15) is 0 Å². The fourth-order valence-corrected chi connectivity index (χ4v) is 1.44. The quantitative estimate of drug-likeness (QED) is 0.655. The smallest absolute Gasteiger partial charge is 0.304 e. The predicted molar refractivity (Wildman–Crippen MR) is 47.1 cm³/mol. The second-order valence-corrected chi connectivity index (χ2v) is 3.41. The summed E-state index contributed by atoms with van der Waals surface area (Å²) in [7, 11) is 0. The lowest BCUT2D eigenvalue weighted by Crippen LogP contribution is -2.29. The standard InChI is InChI=1S/C9H17NO2/c1-2-6-10(8-3-4-8)7-5-9(11)12/h8H,2-7H2,1H3,(H,11,12). The highest BCUT2D eigenvalue weighted by Gasteiger charge is 2.28. The summed E-state index contributed by atoms with van der Waals surface area (Å²) < 4.78 is 0. The SMILES string of the molecule is CCCN(CCC(=O)O)C1CC1. The molecule has 0 radical (unpaired) electrons. The van der Waals surface area contributed by atoms with E-state index in [9.17, 15) is 4.79 Å². The molecule has 1 aliphatic carbocycles. The van der Waals surface area contributed by atoms with Gasteiger partial charge in [-0.3, -0.25) is 9.69 Å². The van der Waals surface area contributed by atoms with E-state index in [1.54, 1.807) is 0 Å². The number of rotatable bonds is 6. The van der Waals surface area contributed by atoms with E-state index in [2.05, 4.69) is 11.8 Å². The molecule has 0 unspecified atom stereocenters. The van der Waals surface area contributed by atoms with Crippen LogP contribution in [-0.4, -0.2) is 35.1 Å². The van der Waals surface area contributed by atoms with Gasteiger partial charge in [-0.15, -0.1) is 0 Å². The van der Waals surface area contributed by atoms with Crippen molar-refractivity contribution in [2.75, 3.05) is 13.1 Å². The van der Waals surface area contributed by atoms with Crippen molar-refractivity contribution < 1.29 is 9.90 Å². The Balaban J connectivity index is 2.18. The van der Waals surface area contributed by atoms with E-state index in [1.165, 1.54) is 12.8 Å². The van der Waals surface area contributed by atoms with Gasteiger partial charge in [0.2, 0.25) is 0 Å². The molecule has 1 fully saturated rings. The van der Waals surface area contributed by atoms with Crippen LogP contribution >= 0.6 is 0 Å². The van der Waals surface area contributed by atoms with Crippen molar-refractivity contribution in [2.45, 2.75) is 38.6 Å². The first-order valence-electron chi connectivity index (χ1n) is 4.70. The molecule has 0 atom stereocenters. The molecule has 1 N–H and O–H groups in total. The number of carboxylic acid groups (broad SMARTS) is 1. The van der Waals surface area contributed by atoms with Gasteiger partial charge in [0.05, 0.1) is 6.42 Å². The molecule has 1 saturated carbocycles. The van der Waals surface area contributed by atoms with Crippen molar-refractivity contribution in [1.82, 2.24) is 4.90 Å². The van der Waals surface area contributed by atoms with E-state index in [0.717, 1.165) is 19.5 Å². The fraction of sp³-hybridized carbons (Fsp3) is 0.889. The Labute approximate surface area is 73.4 Å². The largest absolute Gasteiger partial charge is 0.481 e. The third kappa shape index (κ3) is 3.22. The van der Waals surface area contributed by atoms with Gasteiger partial charge in [0.25, 0.3) is 0 Å². The Morgan fingerprint density at radius 2 is 2.17 bits per heavy atom. The minimum atomic E-state index is -0.684. The second-order valence-electron chi connectivity index (χ2n) is 3.41. The Kier molecular flexibility index (Phi) is 3.53. The topological polar surface area (TPSA) is 40.5 Å². The molecule has 0 amide bonds. The first kappa shape index (κ1) is 9.52. The molecule has 0 aliphatic heterocycles. The number of carbonyl (C=O) groups is 1. The Hall–Kier alpha value is -0.570. The van der Waals surface area contributed by atoms with E-state index < -0.39 is 5.97 Å². The number of aliphatic carboxylic acids is 1. The lowest BCUT2D eigenvalue weighted by atomic mass is 10.3. The van der Waals surface area contributed by atoms with Crippen molar-refractivity contribution in [3.05, 3.63) is 0 Å². The number of hydrogen-bond donors (Lipinski definition) is 1. The van der Waals surface area contributed by atoms with Gasteiger partial charge in [-0.1, -0.05) is 6.92 Å². The van der Waals surface area contributed by atoms with E-state index in [0.29, 0.717) is 6.04 Å². The van der Waals surface area contributed by atoms with Crippen LogP contribution in [0.25, 0.3) is 0 Å². The lowest BCUT2D eigenvalue weighted by molar-refractivity contribution is -0.137. The minimum Gasteiger partial charge on any atom is -0.481 e. The van der Waals surface area contributed by atoms with E-state index in [1.807, 2.05) is 0 Å². The summed E-state index contributed by atoms with van der Waals surface area (Å²) >= 11 is 0. The fourth-order valence-electron chi connectivity index (χ4n) is 1.44. The maximum atomic E-state index is 10.3. The molecule has 0 bridgehead atoms. The molecular weight excluding hydrogens is 154 g/mol. The Morgan fingerprint density at radius 3 is 2.58 bits per heavy atom. The van der Waals surface area contributed by atoms with Crippen LogP contribution in [0.15, 0.2) is 0 Å². The van der Waals surface area contributed by atoms with Gasteiger partial charge in [-0.25, -0.2) is 0 Å². The minimum absolute atomic E-state index is 0.288. The van der Waals surface area contributed by atoms with Crippen molar-refractivity contribution >= 4 is 5.97 Å². The van der Waals surface area contributed by atoms with Crippen LogP contribution < -0.4 is 0 Å². The molecule has 0 spiro atoms. The van der Waals surface area contributed by atoms with Crippen LogP contribution in [0.1, 0.15) is 32.6 Å². The van der Waals surface area contributed by atoms with Crippen molar-refractivity contribution in [3.8, 4) is 0 Å². The summed E-state index contributed by atoms with van der Waals surface area (Å²) in [5.41, 5.74) is 0. The highest BCUT2D eigenvalue weighted by atomic mass is 16.4. The molecule has 0 aromatic carbocycles. The van der Waals surface area contributed by atoms with Gasteiger partial charge in [-0.05, 0) is 25.8 Å². The molecular formula is C9H17NO2. The highest BCUT2D eigenvalue weighted by Crippen LogP contribution is 2.26. The number of hydrogen-bond acceptors (Lipinski definition) is 2. The van der Waals surface area contributed by atoms with Crippen LogP contribution in [0.3, 0.4) is 0 Å². The lowest BCUT2D eigenvalue weighted by Gasteiger charge is -2.19. The third-order valence-corrected chi connectivity index (χ3v) is 2.19. The van der Waals surface area contributed by atoms with Crippen LogP contribution in [0.2, 0.25) is 0 Å². The van der Waals surface area contributed by atoms with Crippen LogP contribution in [0, 0.1) is 0 Å². The molecule has 0 heterocycles. The van der Waals surface area contributed by atoms with E-state index in [4.69, 9.17) is 5.11 Å². The molecule has 12 heavy (non-hydrogen) atoms. The summed E-state index contributed by atoms with van der Waals surface area (Å²) in [5.74, 6) is -0.684. The maximum Gasteiger partial charge on any atom is 0.304 e. The van der Waals surface area contributed by atoms with Crippen molar-refractivity contribution in [3.63, 3.8) is 0 Å². The second kappa shape index (κ2) is 4.45. The number of nitrogens with zero attached hydrogens (tertiary/aromatic N) is 1. The molecule has 0 aromatic rings. The first-order chi connectivity index (χ1) is 5.74. The van der Waals surface area contributed by atoms with Gasteiger partial charge in [-0.2, -0.15) is 0 Å². The first-order valence-corrected chi connectivity index (χ1v) is 4.70. The van der Waals surface area contributed by atoms with E-state index >= 15 is 0 Å².